The highest BCUT2D eigenvalue weighted by molar-refractivity contribution is 5.94. The molecule has 82 valence electrons. The summed E-state index contributed by atoms with van der Waals surface area (Å²) in [4.78, 5) is 26.0. The molecule has 0 aliphatic carbocycles. The number of hydrogen-bond donors (Lipinski definition) is 1. The van der Waals surface area contributed by atoms with Crippen molar-refractivity contribution in [3.05, 3.63) is 12.0 Å². The molecule has 2 N–H and O–H groups in total. The van der Waals surface area contributed by atoms with E-state index in [2.05, 4.69) is 14.5 Å². The third kappa shape index (κ3) is 2.06. The second kappa shape index (κ2) is 4.45. The van der Waals surface area contributed by atoms with Crippen LogP contribution >= 0.6 is 0 Å². The number of carbonyl (C=O) groups excluding carboxylic acids is 2. The van der Waals surface area contributed by atoms with Crippen molar-refractivity contribution in [2.24, 2.45) is 0 Å². The monoisotopic (exact) mass is 213 g/mol. The molecule has 15 heavy (non-hydrogen) atoms. The zero-order valence-electron chi connectivity index (χ0n) is 8.39. The summed E-state index contributed by atoms with van der Waals surface area (Å²) in [7, 11) is 1.20. The van der Waals surface area contributed by atoms with Gasteiger partial charge in [0.2, 0.25) is 0 Å². The molecule has 0 unspecified atom stereocenters. The first kappa shape index (κ1) is 11.0. The first-order chi connectivity index (χ1) is 7.11. The van der Waals surface area contributed by atoms with Crippen LogP contribution in [-0.2, 0) is 9.47 Å². The van der Waals surface area contributed by atoms with Gasteiger partial charge in [-0.1, -0.05) is 0 Å². The van der Waals surface area contributed by atoms with Crippen LogP contribution in [0.4, 0.5) is 10.6 Å². The molecule has 0 spiro atoms. The Hall–Kier alpha value is -2.05. The van der Waals surface area contributed by atoms with Gasteiger partial charge in [-0.3, -0.25) is 0 Å². The molecule has 0 aliphatic rings. The summed E-state index contributed by atoms with van der Waals surface area (Å²) in [5.74, 6) is -0.766. The van der Waals surface area contributed by atoms with E-state index in [0.29, 0.717) is 0 Å². The van der Waals surface area contributed by atoms with Gasteiger partial charge in [-0.15, -0.1) is 0 Å². The van der Waals surface area contributed by atoms with Crippen molar-refractivity contribution in [3.63, 3.8) is 0 Å². The standard InChI is InChI=1S/C8H11N3O4/c1-3-15-7(12)5-6(9)11(4-10-5)8(13)14-2/h4H,3,9H2,1-2H3. The van der Waals surface area contributed by atoms with Crippen LogP contribution in [0.25, 0.3) is 0 Å². The molecule has 1 aromatic rings. The molecule has 0 bridgehead atoms. The number of ether oxygens (including phenoxy) is 2. The lowest BCUT2D eigenvalue weighted by molar-refractivity contribution is 0.0521. The molecule has 1 heterocycles. The fraction of sp³-hybridized carbons (Fsp3) is 0.375. The predicted octanol–water partition coefficient (Wildman–Crippen LogP) is 0.257. The average Bonchev–Trinajstić information content (AvgIpc) is 2.59. The topological polar surface area (TPSA) is 96.4 Å². The molecule has 0 aliphatic heterocycles. The van der Waals surface area contributed by atoms with E-state index in [9.17, 15) is 9.59 Å². The number of nitrogens with two attached hydrogens (primary N) is 1. The molecule has 7 heteroatoms. The van der Waals surface area contributed by atoms with Gasteiger partial charge in [0.1, 0.15) is 12.1 Å². The molecular weight excluding hydrogens is 202 g/mol. The smallest absolute Gasteiger partial charge is 0.420 e. The zero-order valence-corrected chi connectivity index (χ0v) is 8.39. The van der Waals surface area contributed by atoms with Crippen LogP contribution in [0, 0.1) is 0 Å². The van der Waals surface area contributed by atoms with Gasteiger partial charge >= 0.3 is 12.1 Å². The molecule has 0 fully saturated rings. The SMILES string of the molecule is CCOC(=O)c1ncn(C(=O)OC)c1N. The first-order valence-electron chi connectivity index (χ1n) is 4.20. The zero-order chi connectivity index (χ0) is 11.4. The first-order valence-corrected chi connectivity index (χ1v) is 4.20. The summed E-state index contributed by atoms with van der Waals surface area (Å²) in [5, 5.41) is 0. The van der Waals surface area contributed by atoms with Gasteiger partial charge in [-0.2, -0.15) is 0 Å². The number of nitrogen functional groups attached to an aromatic ring is 1. The van der Waals surface area contributed by atoms with Crippen molar-refractivity contribution in [1.82, 2.24) is 9.55 Å². The predicted molar refractivity (Wildman–Crippen MR) is 50.4 cm³/mol. The quantitative estimate of drug-likeness (QED) is 0.707. The number of carbonyl (C=O) groups is 2. The number of esters is 1. The second-order valence-corrected chi connectivity index (χ2v) is 2.54. The van der Waals surface area contributed by atoms with E-state index in [4.69, 9.17) is 5.73 Å². The van der Waals surface area contributed by atoms with Crippen molar-refractivity contribution in [3.8, 4) is 0 Å². The lowest BCUT2D eigenvalue weighted by Crippen LogP contribution is -2.15. The molecule has 7 nitrogen and oxygen atoms in total. The number of anilines is 1. The van der Waals surface area contributed by atoms with Gasteiger partial charge in [0, 0.05) is 0 Å². The summed E-state index contributed by atoms with van der Waals surface area (Å²) < 4.78 is 10.0. The normalized spacial score (nSPS) is 9.73. The van der Waals surface area contributed by atoms with Gasteiger partial charge in [0.05, 0.1) is 13.7 Å². The highest BCUT2D eigenvalue weighted by atomic mass is 16.5. The second-order valence-electron chi connectivity index (χ2n) is 2.54. The van der Waals surface area contributed by atoms with Crippen molar-refractivity contribution in [2.45, 2.75) is 6.92 Å². The number of rotatable bonds is 2. The van der Waals surface area contributed by atoms with Gasteiger partial charge < -0.3 is 15.2 Å². The van der Waals surface area contributed by atoms with E-state index >= 15 is 0 Å². The molecule has 1 aromatic heterocycles. The maximum absolute atomic E-state index is 11.3. The van der Waals surface area contributed by atoms with Crippen LogP contribution in [-0.4, -0.2) is 35.3 Å². The summed E-state index contributed by atoms with van der Waals surface area (Å²) in [6, 6.07) is 0. The van der Waals surface area contributed by atoms with Crippen LogP contribution in [0.15, 0.2) is 6.33 Å². The summed E-state index contributed by atoms with van der Waals surface area (Å²) in [6.45, 7) is 1.87. The maximum Gasteiger partial charge on any atom is 0.420 e. The fourth-order valence-corrected chi connectivity index (χ4v) is 0.958. The van der Waals surface area contributed by atoms with Crippen LogP contribution in [0.1, 0.15) is 17.4 Å². The van der Waals surface area contributed by atoms with Crippen molar-refractivity contribution in [1.29, 1.82) is 0 Å². The van der Waals surface area contributed by atoms with Crippen molar-refractivity contribution in [2.75, 3.05) is 19.5 Å². The van der Waals surface area contributed by atoms with E-state index < -0.39 is 12.1 Å². The Morgan fingerprint density at radius 1 is 1.60 bits per heavy atom. The van der Waals surface area contributed by atoms with E-state index in [1.807, 2.05) is 0 Å². The van der Waals surface area contributed by atoms with E-state index in [-0.39, 0.29) is 18.1 Å². The third-order valence-electron chi connectivity index (χ3n) is 1.64. The molecule has 1 rings (SSSR count). The minimum atomic E-state index is -0.712. The molecule has 0 radical (unpaired) electrons. The van der Waals surface area contributed by atoms with Crippen LogP contribution < -0.4 is 5.73 Å². The van der Waals surface area contributed by atoms with Gasteiger partial charge in [0.25, 0.3) is 0 Å². The van der Waals surface area contributed by atoms with Crippen LogP contribution in [0.3, 0.4) is 0 Å². The molecule has 0 saturated carbocycles. The molecule has 0 atom stereocenters. The lowest BCUT2D eigenvalue weighted by Gasteiger charge is -2.02. The molecule has 0 amide bonds. The molecule has 0 aromatic carbocycles. The number of nitrogens with zero attached hydrogens (tertiary/aromatic N) is 2. The number of hydrogen-bond acceptors (Lipinski definition) is 6. The average molecular weight is 213 g/mol. The van der Waals surface area contributed by atoms with Crippen molar-refractivity contribution < 1.29 is 19.1 Å². The Morgan fingerprint density at radius 3 is 2.80 bits per heavy atom. The molecule has 0 saturated heterocycles. The summed E-state index contributed by atoms with van der Waals surface area (Å²) in [6.07, 6.45) is 0.392. The van der Waals surface area contributed by atoms with E-state index in [1.54, 1.807) is 6.92 Å². The minimum absolute atomic E-state index is 0.0951. The minimum Gasteiger partial charge on any atom is -0.461 e. The number of aromatic nitrogens is 2. The van der Waals surface area contributed by atoms with E-state index in [0.717, 1.165) is 10.9 Å². The van der Waals surface area contributed by atoms with Crippen LogP contribution in [0.2, 0.25) is 0 Å². The highest BCUT2D eigenvalue weighted by Crippen LogP contribution is 2.11. The lowest BCUT2D eigenvalue weighted by atomic mass is 10.4. The van der Waals surface area contributed by atoms with E-state index in [1.165, 1.54) is 7.11 Å². The molecular formula is C8H11N3O4. The Kier molecular flexibility index (Phi) is 3.27. The van der Waals surface area contributed by atoms with Crippen LogP contribution in [0.5, 0.6) is 0 Å². The number of methoxy groups -OCH3 is 1. The summed E-state index contributed by atoms with van der Waals surface area (Å²) >= 11 is 0. The Labute approximate surface area is 85.8 Å². The fourth-order valence-electron chi connectivity index (χ4n) is 0.958. The van der Waals surface area contributed by atoms with Gasteiger partial charge in [-0.05, 0) is 6.92 Å². The number of imidazole rings is 1. The third-order valence-corrected chi connectivity index (χ3v) is 1.64. The Bertz CT molecular complexity index is 385. The Morgan fingerprint density at radius 2 is 2.27 bits per heavy atom. The van der Waals surface area contributed by atoms with Gasteiger partial charge in [-0.25, -0.2) is 19.1 Å². The maximum atomic E-state index is 11.3. The highest BCUT2D eigenvalue weighted by Gasteiger charge is 2.19. The van der Waals surface area contributed by atoms with Gasteiger partial charge in [0.15, 0.2) is 5.69 Å². The Balaban J connectivity index is 2.98. The summed E-state index contributed by atoms with van der Waals surface area (Å²) in [5.41, 5.74) is 5.41. The van der Waals surface area contributed by atoms with Crippen molar-refractivity contribution >= 4 is 17.9 Å². The largest absolute Gasteiger partial charge is 0.461 e.